The van der Waals surface area contributed by atoms with E-state index in [0.717, 1.165) is 10.2 Å². The van der Waals surface area contributed by atoms with E-state index in [1.807, 2.05) is 19.2 Å². The first-order valence-electron chi connectivity index (χ1n) is 4.80. The molecule has 0 unspecified atom stereocenters. The highest BCUT2D eigenvalue weighted by molar-refractivity contribution is 9.10. The number of hydrogen-bond donors (Lipinski definition) is 1. The van der Waals surface area contributed by atoms with Gasteiger partial charge in [-0.3, -0.25) is 4.98 Å². The van der Waals surface area contributed by atoms with Crippen LogP contribution in [0.15, 0.2) is 41.0 Å². The topological polar surface area (TPSA) is 24.9 Å². The molecular weight excluding hydrogens is 271 g/mol. The van der Waals surface area contributed by atoms with Gasteiger partial charge in [0.1, 0.15) is 5.82 Å². The molecule has 2 nitrogen and oxygen atoms in total. The van der Waals surface area contributed by atoms with Crippen LogP contribution in [0.3, 0.4) is 0 Å². The molecule has 1 heterocycles. The molecule has 0 spiro atoms. The van der Waals surface area contributed by atoms with Crippen molar-refractivity contribution in [3.05, 3.63) is 46.8 Å². The van der Waals surface area contributed by atoms with Crippen molar-refractivity contribution >= 4 is 21.6 Å². The van der Waals surface area contributed by atoms with Gasteiger partial charge >= 0.3 is 0 Å². The monoisotopic (exact) mass is 280 g/mol. The molecule has 0 aliphatic heterocycles. The van der Waals surface area contributed by atoms with Gasteiger partial charge in [-0.1, -0.05) is 15.9 Å². The number of aromatic nitrogens is 1. The Morgan fingerprint density at radius 1 is 1.25 bits per heavy atom. The summed E-state index contributed by atoms with van der Waals surface area (Å²) in [5, 5.41) is 3.00. The van der Waals surface area contributed by atoms with Crippen LogP contribution in [0.4, 0.5) is 10.1 Å². The summed E-state index contributed by atoms with van der Waals surface area (Å²) in [5.41, 5.74) is 2.02. The Bertz CT molecular complexity index is 514. The molecule has 4 heteroatoms. The van der Waals surface area contributed by atoms with Crippen LogP contribution in [0.2, 0.25) is 0 Å². The van der Waals surface area contributed by atoms with Crippen LogP contribution in [0.5, 0.6) is 0 Å². The lowest BCUT2D eigenvalue weighted by Gasteiger charge is -2.05. The van der Waals surface area contributed by atoms with Gasteiger partial charge in [-0.15, -0.1) is 0 Å². The molecule has 16 heavy (non-hydrogen) atoms. The Kier molecular flexibility index (Phi) is 3.19. The van der Waals surface area contributed by atoms with Crippen LogP contribution in [-0.4, -0.2) is 12.0 Å². The van der Waals surface area contributed by atoms with E-state index in [2.05, 4.69) is 26.2 Å². The average Bonchev–Trinajstić information content (AvgIpc) is 2.32. The molecule has 82 valence electrons. The fraction of sp³-hybridized carbons (Fsp3) is 0.0833. The molecule has 0 radical (unpaired) electrons. The fourth-order valence-corrected chi connectivity index (χ4v) is 1.79. The van der Waals surface area contributed by atoms with Crippen LogP contribution in [0.25, 0.3) is 11.3 Å². The third-order valence-corrected chi connectivity index (χ3v) is 2.75. The number of halogens is 2. The SMILES string of the molecule is CNc1ccnc(-c2cc(Br)ccc2F)c1. The number of nitrogens with zero attached hydrogens (tertiary/aromatic N) is 1. The normalized spacial score (nSPS) is 10.2. The van der Waals surface area contributed by atoms with Gasteiger partial charge in [0.2, 0.25) is 0 Å². The molecule has 0 bridgehead atoms. The largest absolute Gasteiger partial charge is 0.388 e. The minimum atomic E-state index is -0.274. The number of nitrogens with one attached hydrogen (secondary N) is 1. The summed E-state index contributed by atoms with van der Waals surface area (Å²) in [6.07, 6.45) is 1.65. The van der Waals surface area contributed by atoms with Crippen LogP contribution >= 0.6 is 15.9 Å². The Labute approximate surface area is 102 Å². The molecule has 0 saturated carbocycles. The summed E-state index contributed by atoms with van der Waals surface area (Å²) < 4.78 is 14.4. The zero-order valence-electron chi connectivity index (χ0n) is 8.67. The molecule has 2 aromatic rings. The molecule has 0 fully saturated rings. The number of anilines is 1. The maximum absolute atomic E-state index is 13.6. The minimum Gasteiger partial charge on any atom is -0.388 e. The van der Waals surface area contributed by atoms with Crippen molar-refractivity contribution in [1.29, 1.82) is 0 Å². The van der Waals surface area contributed by atoms with E-state index in [4.69, 9.17) is 0 Å². The van der Waals surface area contributed by atoms with Crippen LogP contribution in [0.1, 0.15) is 0 Å². The van der Waals surface area contributed by atoms with Crippen molar-refractivity contribution in [1.82, 2.24) is 4.98 Å². The second-order valence-corrected chi connectivity index (χ2v) is 4.22. The molecule has 0 amide bonds. The van der Waals surface area contributed by atoms with Crippen molar-refractivity contribution in [2.24, 2.45) is 0 Å². The van der Waals surface area contributed by atoms with E-state index < -0.39 is 0 Å². The van der Waals surface area contributed by atoms with Crippen LogP contribution < -0.4 is 5.32 Å². The van der Waals surface area contributed by atoms with Crippen molar-refractivity contribution < 1.29 is 4.39 Å². The highest BCUT2D eigenvalue weighted by Crippen LogP contribution is 2.26. The predicted molar refractivity (Wildman–Crippen MR) is 66.9 cm³/mol. The lowest BCUT2D eigenvalue weighted by Crippen LogP contribution is -1.92. The Hall–Kier alpha value is -1.42. The zero-order valence-corrected chi connectivity index (χ0v) is 10.3. The Balaban J connectivity index is 2.53. The van der Waals surface area contributed by atoms with E-state index >= 15 is 0 Å². The van der Waals surface area contributed by atoms with Crippen molar-refractivity contribution in [2.45, 2.75) is 0 Å². The molecule has 1 aromatic carbocycles. The molecule has 0 aliphatic rings. The number of pyridine rings is 1. The lowest BCUT2D eigenvalue weighted by molar-refractivity contribution is 0.630. The van der Waals surface area contributed by atoms with E-state index in [-0.39, 0.29) is 5.82 Å². The summed E-state index contributed by atoms with van der Waals surface area (Å²) in [6, 6.07) is 8.45. The maximum atomic E-state index is 13.6. The van der Waals surface area contributed by atoms with Crippen molar-refractivity contribution in [3.63, 3.8) is 0 Å². The van der Waals surface area contributed by atoms with E-state index in [1.54, 1.807) is 18.3 Å². The predicted octanol–water partition coefficient (Wildman–Crippen LogP) is 3.69. The highest BCUT2D eigenvalue weighted by atomic mass is 79.9. The number of rotatable bonds is 2. The molecular formula is C12H10BrFN2. The second-order valence-electron chi connectivity index (χ2n) is 3.30. The average molecular weight is 281 g/mol. The van der Waals surface area contributed by atoms with Crippen LogP contribution in [0, 0.1) is 5.82 Å². The highest BCUT2D eigenvalue weighted by Gasteiger charge is 2.07. The van der Waals surface area contributed by atoms with Crippen molar-refractivity contribution in [2.75, 3.05) is 12.4 Å². The van der Waals surface area contributed by atoms with E-state index in [0.29, 0.717) is 11.3 Å². The van der Waals surface area contributed by atoms with Gasteiger partial charge in [-0.05, 0) is 30.3 Å². The summed E-state index contributed by atoms with van der Waals surface area (Å²) in [5.74, 6) is -0.274. The quantitative estimate of drug-likeness (QED) is 0.908. The Morgan fingerprint density at radius 2 is 2.06 bits per heavy atom. The second kappa shape index (κ2) is 4.61. The van der Waals surface area contributed by atoms with Gasteiger partial charge in [0.25, 0.3) is 0 Å². The van der Waals surface area contributed by atoms with Gasteiger partial charge < -0.3 is 5.32 Å². The molecule has 2 rings (SSSR count). The summed E-state index contributed by atoms with van der Waals surface area (Å²) in [6.45, 7) is 0. The van der Waals surface area contributed by atoms with E-state index in [1.165, 1.54) is 6.07 Å². The first kappa shape index (κ1) is 11.1. The van der Waals surface area contributed by atoms with E-state index in [9.17, 15) is 4.39 Å². The minimum absolute atomic E-state index is 0.274. The maximum Gasteiger partial charge on any atom is 0.132 e. The van der Waals surface area contributed by atoms with Gasteiger partial charge in [0.15, 0.2) is 0 Å². The van der Waals surface area contributed by atoms with Gasteiger partial charge in [-0.25, -0.2) is 4.39 Å². The number of hydrogen-bond acceptors (Lipinski definition) is 2. The van der Waals surface area contributed by atoms with Crippen LogP contribution in [-0.2, 0) is 0 Å². The Morgan fingerprint density at radius 3 is 2.81 bits per heavy atom. The summed E-state index contributed by atoms with van der Waals surface area (Å²) in [4.78, 5) is 4.16. The van der Waals surface area contributed by atoms with Crippen molar-refractivity contribution in [3.8, 4) is 11.3 Å². The molecule has 0 atom stereocenters. The number of benzene rings is 1. The standard InChI is InChI=1S/C12H10BrFN2/c1-15-9-4-5-16-12(7-9)10-6-8(13)2-3-11(10)14/h2-7H,1H3,(H,15,16). The fourth-order valence-electron chi connectivity index (χ4n) is 1.43. The first-order chi connectivity index (χ1) is 7.70. The summed E-state index contributed by atoms with van der Waals surface area (Å²) in [7, 11) is 1.82. The zero-order chi connectivity index (χ0) is 11.5. The van der Waals surface area contributed by atoms with Gasteiger partial charge in [0.05, 0.1) is 5.69 Å². The molecule has 1 N–H and O–H groups in total. The molecule has 0 aliphatic carbocycles. The smallest absolute Gasteiger partial charge is 0.132 e. The first-order valence-corrected chi connectivity index (χ1v) is 5.59. The van der Waals surface area contributed by atoms with Gasteiger partial charge in [-0.2, -0.15) is 0 Å². The molecule has 0 saturated heterocycles. The molecule has 1 aromatic heterocycles. The third-order valence-electron chi connectivity index (χ3n) is 2.25. The van der Waals surface area contributed by atoms with Gasteiger partial charge in [0, 0.05) is 29.0 Å². The summed E-state index contributed by atoms with van der Waals surface area (Å²) >= 11 is 3.32. The lowest BCUT2D eigenvalue weighted by atomic mass is 10.1. The third kappa shape index (κ3) is 2.22.